The Labute approximate surface area is 201 Å². The number of aromatic carboxylic acids is 1. The highest BCUT2D eigenvalue weighted by Crippen LogP contribution is 2.29. The minimum atomic E-state index is -0.954. The zero-order chi connectivity index (χ0) is 23.4. The van der Waals surface area contributed by atoms with E-state index in [1.807, 2.05) is 37.3 Å². The number of carboxylic acid groups (broad SMARTS) is 1. The average molecular weight is 486 g/mol. The van der Waals surface area contributed by atoms with Gasteiger partial charge >= 0.3 is 12.1 Å². The summed E-state index contributed by atoms with van der Waals surface area (Å²) in [4.78, 5) is 31.3. The highest BCUT2D eigenvalue weighted by atomic mass is 35.5. The van der Waals surface area contributed by atoms with Crippen LogP contribution in [0.2, 0.25) is 5.02 Å². The van der Waals surface area contributed by atoms with Crippen LogP contribution in [0.25, 0.3) is 10.6 Å². The highest BCUT2D eigenvalue weighted by molar-refractivity contribution is 7.15. The fourth-order valence-electron chi connectivity index (χ4n) is 3.78. The normalized spacial score (nSPS) is 15.8. The van der Waals surface area contributed by atoms with E-state index in [1.54, 1.807) is 18.2 Å². The molecule has 3 aromatic rings. The van der Waals surface area contributed by atoms with Crippen LogP contribution < -0.4 is 10.2 Å². The van der Waals surface area contributed by atoms with Crippen LogP contribution in [0.15, 0.2) is 48.5 Å². The third kappa shape index (κ3) is 5.83. The van der Waals surface area contributed by atoms with Gasteiger partial charge in [-0.05, 0) is 50.1 Å². The van der Waals surface area contributed by atoms with Crippen molar-refractivity contribution in [1.29, 1.82) is 0 Å². The fourth-order valence-corrected chi connectivity index (χ4v) is 4.89. The topological polar surface area (TPSA) is 91.8 Å². The van der Waals surface area contributed by atoms with Crippen molar-refractivity contribution in [3.63, 3.8) is 0 Å². The predicted molar refractivity (Wildman–Crippen MR) is 129 cm³/mol. The van der Waals surface area contributed by atoms with Crippen LogP contribution in [-0.4, -0.2) is 41.3 Å². The fraction of sp³-hybridized carbons (Fsp3) is 0.292. The van der Waals surface area contributed by atoms with E-state index in [2.05, 4.69) is 15.2 Å². The van der Waals surface area contributed by atoms with E-state index in [4.69, 9.17) is 16.3 Å². The Morgan fingerprint density at radius 3 is 2.82 bits per heavy atom. The van der Waals surface area contributed by atoms with Crippen LogP contribution in [-0.2, 0) is 11.3 Å². The highest BCUT2D eigenvalue weighted by Gasteiger charge is 2.23. The molecule has 172 valence electrons. The summed E-state index contributed by atoms with van der Waals surface area (Å²) in [5.74, 6) is -0.954. The molecule has 9 heteroatoms. The number of aromatic nitrogens is 1. The van der Waals surface area contributed by atoms with E-state index >= 15 is 0 Å². The molecule has 0 bridgehead atoms. The van der Waals surface area contributed by atoms with Gasteiger partial charge in [0, 0.05) is 35.4 Å². The van der Waals surface area contributed by atoms with Gasteiger partial charge in [0.1, 0.15) is 11.6 Å². The molecule has 2 heterocycles. The quantitative estimate of drug-likeness (QED) is 0.488. The molecule has 1 fully saturated rings. The summed E-state index contributed by atoms with van der Waals surface area (Å²) in [7, 11) is 0. The van der Waals surface area contributed by atoms with Crippen LogP contribution in [0.3, 0.4) is 0 Å². The van der Waals surface area contributed by atoms with E-state index in [-0.39, 0.29) is 18.2 Å². The van der Waals surface area contributed by atoms with E-state index in [0.29, 0.717) is 11.6 Å². The molecule has 0 spiro atoms. The number of rotatable bonds is 6. The number of carbonyl (C=O) groups is 2. The number of nitrogens with one attached hydrogen (secondary N) is 1. The Kier molecular flexibility index (Phi) is 7.15. The van der Waals surface area contributed by atoms with Crippen molar-refractivity contribution in [1.82, 2.24) is 10.3 Å². The minimum absolute atomic E-state index is 0.0769. The summed E-state index contributed by atoms with van der Waals surface area (Å²) in [6.07, 6.45) is 1.26. The van der Waals surface area contributed by atoms with Gasteiger partial charge in [-0.15, -0.1) is 11.3 Å². The lowest BCUT2D eigenvalue weighted by molar-refractivity contribution is 0.0697. The van der Waals surface area contributed by atoms with Crippen LogP contribution in [0.5, 0.6) is 0 Å². The van der Waals surface area contributed by atoms with Gasteiger partial charge in [-0.25, -0.2) is 14.6 Å². The second kappa shape index (κ2) is 10.2. The van der Waals surface area contributed by atoms with Crippen LogP contribution in [0, 0.1) is 6.92 Å². The van der Waals surface area contributed by atoms with Crippen molar-refractivity contribution in [2.75, 3.05) is 18.0 Å². The lowest BCUT2D eigenvalue weighted by Gasteiger charge is -2.34. The first-order valence-electron chi connectivity index (χ1n) is 10.6. The summed E-state index contributed by atoms with van der Waals surface area (Å²) in [5, 5.41) is 13.7. The van der Waals surface area contributed by atoms with Crippen molar-refractivity contribution in [3.05, 3.63) is 69.7 Å². The first-order valence-corrected chi connectivity index (χ1v) is 11.8. The third-order valence-corrected chi connectivity index (χ3v) is 6.95. The van der Waals surface area contributed by atoms with Gasteiger partial charge in [0.05, 0.1) is 16.1 Å². The van der Waals surface area contributed by atoms with E-state index in [0.717, 1.165) is 46.2 Å². The van der Waals surface area contributed by atoms with Gasteiger partial charge in [-0.1, -0.05) is 29.8 Å². The van der Waals surface area contributed by atoms with Gasteiger partial charge in [0.25, 0.3) is 0 Å². The number of thiazole rings is 1. The number of alkyl carbamates (subject to hydrolysis) is 1. The molecule has 1 saturated heterocycles. The van der Waals surface area contributed by atoms with Crippen LogP contribution in [0.4, 0.5) is 10.5 Å². The molecule has 4 rings (SSSR count). The average Bonchev–Trinajstić information content (AvgIpc) is 3.19. The maximum absolute atomic E-state index is 12.4. The van der Waals surface area contributed by atoms with Crippen molar-refractivity contribution < 1.29 is 19.4 Å². The number of hydrogen-bond acceptors (Lipinski definition) is 6. The molecule has 1 aliphatic heterocycles. The van der Waals surface area contributed by atoms with Crippen molar-refractivity contribution in [2.45, 2.75) is 32.4 Å². The van der Waals surface area contributed by atoms with Gasteiger partial charge < -0.3 is 20.1 Å². The predicted octanol–water partition coefficient (Wildman–Crippen LogP) is 5.37. The maximum atomic E-state index is 12.4. The van der Waals surface area contributed by atoms with Crippen molar-refractivity contribution in [3.8, 4) is 10.6 Å². The zero-order valence-electron chi connectivity index (χ0n) is 18.1. The number of aryl methyl sites for hydroxylation is 1. The second-order valence-electron chi connectivity index (χ2n) is 7.90. The molecular weight excluding hydrogens is 462 g/mol. The molecule has 7 nitrogen and oxygen atoms in total. The van der Waals surface area contributed by atoms with Gasteiger partial charge in [-0.3, -0.25) is 0 Å². The Balaban J connectivity index is 1.32. The summed E-state index contributed by atoms with van der Waals surface area (Å²) >= 11 is 7.45. The van der Waals surface area contributed by atoms with Crippen molar-refractivity contribution in [2.24, 2.45) is 0 Å². The Morgan fingerprint density at radius 2 is 2.06 bits per heavy atom. The summed E-state index contributed by atoms with van der Waals surface area (Å²) in [6, 6.07) is 14.3. The van der Waals surface area contributed by atoms with Gasteiger partial charge in [0.15, 0.2) is 0 Å². The molecule has 1 amide bonds. The number of ether oxygens (including phenoxy) is 1. The number of benzene rings is 2. The summed E-state index contributed by atoms with van der Waals surface area (Å²) in [6.45, 7) is 3.46. The third-order valence-electron chi connectivity index (χ3n) is 5.52. The SMILES string of the molecule is Cc1nc(-c2ccc(Cl)cc2)sc1COC(=O)NC1CCCN(c2cccc(C(=O)O)c2)C1. The molecular formula is C24H24ClN3O4S. The molecule has 0 radical (unpaired) electrons. The molecule has 0 saturated carbocycles. The van der Waals surface area contributed by atoms with Crippen LogP contribution in [0.1, 0.15) is 33.8 Å². The lowest BCUT2D eigenvalue weighted by Crippen LogP contribution is -2.48. The molecule has 1 aromatic heterocycles. The molecule has 2 aromatic carbocycles. The zero-order valence-corrected chi connectivity index (χ0v) is 19.7. The van der Waals surface area contributed by atoms with Crippen LogP contribution >= 0.6 is 22.9 Å². The summed E-state index contributed by atoms with van der Waals surface area (Å²) in [5.41, 5.74) is 2.89. The van der Waals surface area contributed by atoms with E-state index < -0.39 is 12.1 Å². The molecule has 1 aliphatic rings. The number of hydrogen-bond donors (Lipinski definition) is 2. The maximum Gasteiger partial charge on any atom is 0.407 e. The smallest absolute Gasteiger partial charge is 0.407 e. The minimum Gasteiger partial charge on any atom is -0.478 e. The second-order valence-corrected chi connectivity index (χ2v) is 9.42. The lowest BCUT2D eigenvalue weighted by atomic mass is 10.0. The van der Waals surface area contributed by atoms with E-state index in [9.17, 15) is 14.7 Å². The number of carbonyl (C=O) groups excluding carboxylic acids is 1. The monoisotopic (exact) mass is 485 g/mol. The van der Waals surface area contributed by atoms with Crippen molar-refractivity contribution >= 4 is 40.7 Å². The number of carboxylic acids is 1. The first-order chi connectivity index (χ1) is 15.9. The van der Waals surface area contributed by atoms with Gasteiger partial charge in [-0.2, -0.15) is 0 Å². The Morgan fingerprint density at radius 1 is 1.27 bits per heavy atom. The molecule has 33 heavy (non-hydrogen) atoms. The number of anilines is 1. The Bertz CT molecular complexity index is 1150. The standard InChI is InChI=1S/C24H24ClN3O4S/c1-15-21(33-22(26-15)16-7-9-18(25)10-8-16)14-32-24(31)27-19-5-3-11-28(13-19)20-6-2-4-17(12-20)23(29)30/h2,4,6-10,12,19H,3,5,11,13-14H2,1H3,(H,27,31)(H,29,30). The first kappa shape index (κ1) is 23.1. The number of halogens is 1. The number of nitrogens with zero attached hydrogens (tertiary/aromatic N) is 2. The molecule has 0 aliphatic carbocycles. The largest absolute Gasteiger partial charge is 0.478 e. The number of amides is 1. The van der Waals surface area contributed by atoms with E-state index in [1.165, 1.54) is 11.3 Å². The number of piperidine rings is 1. The molecule has 2 N–H and O–H groups in total. The molecule has 1 atom stereocenters. The Hall–Kier alpha value is -3.10. The summed E-state index contributed by atoms with van der Waals surface area (Å²) < 4.78 is 5.47. The van der Waals surface area contributed by atoms with Gasteiger partial charge in [0.2, 0.25) is 0 Å². The molecule has 1 unspecified atom stereocenters.